The second-order valence-electron chi connectivity index (χ2n) is 4.70. The third kappa shape index (κ3) is 2.65. The smallest absolute Gasteiger partial charge is 0.282 e. The number of hydrogen-bond acceptors (Lipinski definition) is 3. The molecule has 0 amide bonds. The minimum Gasteiger partial charge on any atom is -0.329 e. The predicted molar refractivity (Wildman–Crippen MR) is 69.9 cm³/mol. The summed E-state index contributed by atoms with van der Waals surface area (Å²) >= 11 is 0. The number of nitrogens with two attached hydrogens (primary N) is 1. The lowest BCUT2D eigenvalue weighted by atomic mass is 9.98. The Morgan fingerprint density at radius 2 is 1.65 bits per heavy atom. The number of likely N-dealkylation sites (N-methyl/N-ethyl adjacent to an activating group) is 1. The van der Waals surface area contributed by atoms with E-state index in [4.69, 9.17) is 5.73 Å². The molecule has 0 unspecified atom stereocenters. The Balaban J connectivity index is 2.98. The highest BCUT2D eigenvalue weighted by Gasteiger charge is 2.43. The van der Waals surface area contributed by atoms with E-state index in [1.165, 1.54) is 8.61 Å². The van der Waals surface area contributed by atoms with Crippen molar-refractivity contribution >= 4 is 10.2 Å². The van der Waals surface area contributed by atoms with Gasteiger partial charge in [-0.2, -0.15) is 17.0 Å². The fourth-order valence-electron chi connectivity index (χ4n) is 2.65. The van der Waals surface area contributed by atoms with E-state index in [1.807, 2.05) is 13.8 Å². The lowest BCUT2D eigenvalue weighted by molar-refractivity contribution is 0.214. The quantitative estimate of drug-likeness (QED) is 0.770. The van der Waals surface area contributed by atoms with Gasteiger partial charge in [0.15, 0.2) is 0 Å². The molecule has 102 valence electrons. The van der Waals surface area contributed by atoms with Crippen LogP contribution in [0.4, 0.5) is 0 Å². The number of rotatable bonds is 6. The van der Waals surface area contributed by atoms with E-state index >= 15 is 0 Å². The molecule has 1 aliphatic carbocycles. The van der Waals surface area contributed by atoms with Crippen LogP contribution in [0.25, 0.3) is 0 Å². The van der Waals surface area contributed by atoms with Gasteiger partial charge in [-0.25, -0.2) is 0 Å². The standard InChI is InChI=1S/C11H25N3O2S/c1-4-14(5-2)17(15,16)13(3)11(10-12)8-6-7-9-11/h4-10,12H2,1-3H3. The van der Waals surface area contributed by atoms with Crippen LogP contribution in [0.3, 0.4) is 0 Å². The summed E-state index contributed by atoms with van der Waals surface area (Å²) in [7, 11) is -1.70. The molecular formula is C11H25N3O2S. The summed E-state index contributed by atoms with van der Waals surface area (Å²) in [5, 5.41) is 0. The van der Waals surface area contributed by atoms with Crippen molar-refractivity contribution in [2.45, 2.75) is 45.1 Å². The van der Waals surface area contributed by atoms with Crippen LogP contribution in [0.5, 0.6) is 0 Å². The van der Waals surface area contributed by atoms with E-state index in [0.29, 0.717) is 19.6 Å². The molecule has 0 heterocycles. The van der Waals surface area contributed by atoms with Gasteiger partial charge < -0.3 is 5.73 Å². The summed E-state index contributed by atoms with van der Waals surface area (Å²) in [6, 6.07) is 0. The molecule has 0 spiro atoms. The van der Waals surface area contributed by atoms with E-state index in [-0.39, 0.29) is 5.54 Å². The Morgan fingerprint density at radius 3 is 2.00 bits per heavy atom. The second-order valence-corrected chi connectivity index (χ2v) is 6.65. The molecule has 0 aromatic heterocycles. The highest BCUT2D eigenvalue weighted by atomic mass is 32.2. The average molecular weight is 263 g/mol. The molecule has 0 atom stereocenters. The first-order chi connectivity index (χ1) is 7.94. The van der Waals surface area contributed by atoms with Gasteiger partial charge in [0, 0.05) is 32.2 Å². The largest absolute Gasteiger partial charge is 0.329 e. The van der Waals surface area contributed by atoms with Gasteiger partial charge >= 0.3 is 0 Å². The third-order valence-electron chi connectivity index (χ3n) is 3.96. The van der Waals surface area contributed by atoms with Gasteiger partial charge in [0.2, 0.25) is 0 Å². The van der Waals surface area contributed by atoms with Gasteiger partial charge in [-0.15, -0.1) is 0 Å². The molecule has 17 heavy (non-hydrogen) atoms. The molecule has 0 radical (unpaired) electrons. The maximum absolute atomic E-state index is 12.4. The molecule has 0 aromatic carbocycles. The van der Waals surface area contributed by atoms with Crippen molar-refractivity contribution in [3.05, 3.63) is 0 Å². The lowest BCUT2D eigenvalue weighted by Gasteiger charge is -2.39. The highest BCUT2D eigenvalue weighted by Crippen LogP contribution is 2.35. The van der Waals surface area contributed by atoms with E-state index < -0.39 is 10.2 Å². The summed E-state index contributed by atoms with van der Waals surface area (Å²) in [4.78, 5) is 0. The van der Waals surface area contributed by atoms with Gasteiger partial charge in [0.05, 0.1) is 0 Å². The van der Waals surface area contributed by atoms with E-state index in [1.54, 1.807) is 7.05 Å². The molecule has 0 bridgehead atoms. The van der Waals surface area contributed by atoms with Crippen LogP contribution in [0, 0.1) is 0 Å². The summed E-state index contributed by atoms with van der Waals surface area (Å²) in [6.07, 6.45) is 3.88. The fraction of sp³-hybridized carbons (Fsp3) is 1.00. The molecular weight excluding hydrogens is 238 g/mol. The van der Waals surface area contributed by atoms with Gasteiger partial charge in [-0.1, -0.05) is 26.7 Å². The zero-order chi connectivity index (χ0) is 13.1. The normalized spacial score (nSPS) is 20.4. The molecule has 5 nitrogen and oxygen atoms in total. The molecule has 1 aliphatic rings. The highest BCUT2D eigenvalue weighted by molar-refractivity contribution is 7.86. The van der Waals surface area contributed by atoms with Crippen molar-refractivity contribution in [3.8, 4) is 0 Å². The summed E-state index contributed by atoms with van der Waals surface area (Å²) < 4.78 is 27.9. The topological polar surface area (TPSA) is 66.6 Å². The first-order valence-electron chi connectivity index (χ1n) is 6.38. The average Bonchev–Trinajstić information content (AvgIpc) is 2.79. The van der Waals surface area contributed by atoms with E-state index in [2.05, 4.69) is 0 Å². The third-order valence-corrected chi connectivity index (χ3v) is 6.21. The van der Waals surface area contributed by atoms with Gasteiger partial charge in [-0.3, -0.25) is 0 Å². The van der Waals surface area contributed by atoms with Gasteiger partial charge in [-0.05, 0) is 12.8 Å². The van der Waals surface area contributed by atoms with Crippen LogP contribution in [0.1, 0.15) is 39.5 Å². The van der Waals surface area contributed by atoms with Crippen molar-refractivity contribution < 1.29 is 8.42 Å². The zero-order valence-electron chi connectivity index (χ0n) is 11.1. The summed E-state index contributed by atoms with van der Waals surface area (Å²) in [5.41, 5.74) is 5.47. The molecule has 1 fully saturated rings. The van der Waals surface area contributed by atoms with E-state index in [0.717, 1.165) is 25.7 Å². The predicted octanol–water partition coefficient (Wildman–Crippen LogP) is 0.776. The molecule has 2 N–H and O–H groups in total. The Labute approximate surface area is 105 Å². The maximum Gasteiger partial charge on any atom is 0.282 e. The molecule has 6 heteroatoms. The summed E-state index contributed by atoms with van der Waals surface area (Å²) in [6.45, 7) is 5.13. The van der Waals surface area contributed by atoms with Gasteiger partial charge in [0.25, 0.3) is 10.2 Å². The van der Waals surface area contributed by atoms with Crippen LogP contribution in [0.15, 0.2) is 0 Å². The SMILES string of the molecule is CCN(CC)S(=O)(=O)N(C)C1(CN)CCCC1. The minimum absolute atomic E-state index is 0.360. The van der Waals surface area contributed by atoms with Crippen LogP contribution < -0.4 is 5.73 Å². The number of nitrogens with zero attached hydrogens (tertiary/aromatic N) is 2. The Kier molecular flexibility index (Phi) is 4.95. The first-order valence-corrected chi connectivity index (χ1v) is 7.78. The second kappa shape index (κ2) is 5.65. The zero-order valence-corrected chi connectivity index (χ0v) is 12.0. The van der Waals surface area contributed by atoms with E-state index in [9.17, 15) is 8.42 Å². The van der Waals surface area contributed by atoms with Crippen LogP contribution in [0.2, 0.25) is 0 Å². The Morgan fingerprint density at radius 1 is 1.18 bits per heavy atom. The monoisotopic (exact) mass is 263 g/mol. The molecule has 0 aromatic rings. The molecule has 0 aliphatic heterocycles. The van der Waals surface area contributed by atoms with Crippen molar-refractivity contribution in [1.82, 2.24) is 8.61 Å². The Bertz CT molecular complexity index is 333. The van der Waals surface area contributed by atoms with Crippen molar-refractivity contribution in [2.24, 2.45) is 5.73 Å². The number of hydrogen-bond donors (Lipinski definition) is 1. The first kappa shape index (κ1) is 14.9. The van der Waals surface area contributed by atoms with Crippen molar-refractivity contribution in [1.29, 1.82) is 0 Å². The molecule has 1 rings (SSSR count). The van der Waals surface area contributed by atoms with Crippen LogP contribution >= 0.6 is 0 Å². The fourth-order valence-corrected chi connectivity index (χ4v) is 4.39. The lowest BCUT2D eigenvalue weighted by Crippen LogP contribution is -2.56. The molecule has 0 saturated heterocycles. The van der Waals surface area contributed by atoms with Crippen LogP contribution in [-0.4, -0.2) is 49.2 Å². The van der Waals surface area contributed by atoms with Gasteiger partial charge in [0.1, 0.15) is 0 Å². The van der Waals surface area contributed by atoms with Crippen LogP contribution in [-0.2, 0) is 10.2 Å². The minimum atomic E-state index is -3.37. The van der Waals surface area contributed by atoms with Crippen molar-refractivity contribution in [3.63, 3.8) is 0 Å². The van der Waals surface area contributed by atoms with Crippen molar-refractivity contribution in [2.75, 3.05) is 26.7 Å². The Hall–Kier alpha value is -0.170. The maximum atomic E-state index is 12.4. The molecule has 1 saturated carbocycles. The summed E-state index contributed by atoms with van der Waals surface area (Å²) in [5.74, 6) is 0.